The second-order valence-electron chi connectivity index (χ2n) is 6.89. The average molecular weight is 456 g/mol. The van der Waals surface area contributed by atoms with E-state index in [2.05, 4.69) is 21.2 Å². The molecule has 0 radical (unpaired) electrons. The van der Waals surface area contributed by atoms with Gasteiger partial charge in [-0.2, -0.15) is 5.10 Å². The van der Waals surface area contributed by atoms with Crippen molar-refractivity contribution in [3.05, 3.63) is 36.4 Å². The van der Waals surface area contributed by atoms with Crippen LogP contribution in [-0.4, -0.2) is 50.9 Å². The van der Waals surface area contributed by atoms with Crippen LogP contribution < -0.4 is 35.0 Å². The second-order valence-corrected chi connectivity index (χ2v) is 6.89. The lowest BCUT2D eigenvalue weighted by molar-refractivity contribution is -0.136. The Balaban J connectivity index is 1.51. The van der Waals surface area contributed by atoms with Crippen molar-refractivity contribution in [1.29, 1.82) is 0 Å². The summed E-state index contributed by atoms with van der Waals surface area (Å²) in [6.45, 7) is 2.47. The van der Waals surface area contributed by atoms with Crippen LogP contribution in [0.2, 0.25) is 0 Å². The largest absolute Gasteiger partial charge is 0.497 e. The lowest BCUT2D eigenvalue weighted by Crippen LogP contribution is -2.33. The summed E-state index contributed by atoms with van der Waals surface area (Å²) in [7, 11) is 2.92. The van der Waals surface area contributed by atoms with Crippen LogP contribution in [0.3, 0.4) is 0 Å². The maximum Gasteiger partial charge on any atom is 0.329 e. The van der Waals surface area contributed by atoms with Gasteiger partial charge in [0.15, 0.2) is 11.5 Å². The van der Waals surface area contributed by atoms with Gasteiger partial charge in [-0.1, -0.05) is 0 Å². The van der Waals surface area contributed by atoms with Crippen molar-refractivity contribution in [2.75, 3.05) is 38.1 Å². The number of carbonyl (C=O) groups is 3. The highest BCUT2D eigenvalue weighted by Gasteiger charge is 2.17. The van der Waals surface area contributed by atoms with E-state index in [9.17, 15) is 14.4 Å². The highest BCUT2D eigenvalue weighted by atomic mass is 16.6. The van der Waals surface area contributed by atoms with Crippen LogP contribution in [0.5, 0.6) is 23.0 Å². The van der Waals surface area contributed by atoms with Crippen LogP contribution in [0.1, 0.15) is 13.3 Å². The molecule has 1 heterocycles. The monoisotopic (exact) mass is 456 g/mol. The predicted octanol–water partition coefficient (Wildman–Crippen LogP) is 1.93. The van der Waals surface area contributed by atoms with Crippen LogP contribution in [0.25, 0.3) is 0 Å². The van der Waals surface area contributed by atoms with Crippen molar-refractivity contribution >= 4 is 34.8 Å². The van der Waals surface area contributed by atoms with E-state index in [0.717, 1.165) is 0 Å². The number of amides is 3. The number of nitrogens with one attached hydrogen (secondary N) is 3. The molecule has 2 aromatic carbocycles. The Bertz CT molecular complexity index is 1080. The summed E-state index contributed by atoms with van der Waals surface area (Å²) < 4.78 is 21.2. The van der Waals surface area contributed by atoms with Crippen LogP contribution in [-0.2, 0) is 14.4 Å². The zero-order chi connectivity index (χ0) is 23.8. The Kier molecular flexibility index (Phi) is 7.68. The van der Waals surface area contributed by atoms with E-state index in [1.165, 1.54) is 14.2 Å². The maximum atomic E-state index is 12.3. The molecular weight excluding hydrogens is 432 g/mol. The standard InChI is InChI=1S/C22H24N4O7/c1-13(10-20(27)23-14-4-7-17-19(11-14)33-9-8-32-17)25-26-22(29)21(28)24-16-6-5-15(30-2)12-18(16)31-3/h4-7,11-12H,8-10H2,1-3H3,(H,23,27)(H,24,28)(H,26,29)/b25-13-. The molecule has 3 N–H and O–H groups in total. The molecule has 33 heavy (non-hydrogen) atoms. The third-order valence-corrected chi connectivity index (χ3v) is 4.45. The van der Waals surface area contributed by atoms with Crippen molar-refractivity contribution in [2.24, 2.45) is 5.10 Å². The molecule has 1 aliphatic heterocycles. The number of carbonyl (C=O) groups excluding carboxylic acids is 3. The third kappa shape index (κ3) is 6.35. The number of anilines is 2. The molecule has 0 aromatic heterocycles. The Morgan fingerprint density at radius 3 is 2.42 bits per heavy atom. The lowest BCUT2D eigenvalue weighted by Gasteiger charge is -2.19. The van der Waals surface area contributed by atoms with E-state index in [1.54, 1.807) is 43.3 Å². The molecule has 0 saturated carbocycles. The minimum atomic E-state index is -1.00. The van der Waals surface area contributed by atoms with Gasteiger partial charge >= 0.3 is 11.8 Å². The van der Waals surface area contributed by atoms with E-state index in [1.807, 2.05) is 0 Å². The second kappa shape index (κ2) is 10.8. The fourth-order valence-electron chi connectivity index (χ4n) is 2.88. The summed E-state index contributed by atoms with van der Waals surface area (Å²) in [5, 5.41) is 8.96. The first kappa shape index (κ1) is 23.4. The number of ether oxygens (including phenoxy) is 4. The number of nitrogens with zero attached hydrogens (tertiary/aromatic N) is 1. The first-order chi connectivity index (χ1) is 15.9. The molecule has 0 fully saturated rings. The fraction of sp³-hybridized carbons (Fsp3) is 0.273. The Hall–Kier alpha value is -4.28. The third-order valence-electron chi connectivity index (χ3n) is 4.45. The van der Waals surface area contributed by atoms with Gasteiger partial charge in [-0.05, 0) is 31.2 Å². The first-order valence-corrected chi connectivity index (χ1v) is 9.95. The molecule has 0 aliphatic carbocycles. The molecule has 0 spiro atoms. The first-order valence-electron chi connectivity index (χ1n) is 9.95. The minimum absolute atomic E-state index is 0.0946. The zero-order valence-electron chi connectivity index (χ0n) is 18.4. The van der Waals surface area contributed by atoms with Gasteiger partial charge in [-0.15, -0.1) is 0 Å². The average Bonchev–Trinajstić information content (AvgIpc) is 2.82. The molecular formula is C22H24N4O7. The summed E-state index contributed by atoms with van der Waals surface area (Å²) in [4.78, 5) is 36.5. The fourth-order valence-corrected chi connectivity index (χ4v) is 2.88. The van der Waals surface area contributed by atoms with Gasteiger partial charge in [-0.3, -0.25) is 14.4 Å². The smallest absolute Gasteiger partial charge is 0.329 e. The molecule has 0 atom stereocenters. The number of hydrogen-bond acceptors (Lipinski definition) is 8. The zero-order valence-corrected chi connectivity index (χ0v) is 18.4. The Morgan fingerprint density at radius 1 is 0.939 bits per heavy atom. The van der Waals surface area contributed by atoms with E-state index in [-0.39, 0.29) is 18.0 Å². The van der Waals surface area contributed by atoms with E-state index < -0.39 is 11.8 Å². The highest BCUT2D eigenvalue weighted by molar-refractivity contribution is 6.39. The molecule has 0 bridgehead atoms. The SMILES string of the molecule is COc1ccc(NC(=O)C(=O)N/N=C(/C)CC(=O)Nc2ccc3c(c2)OCCO3)c(OC)c1. The van der Waals surface area contributed by atoms with E-state index in [4.69, 9.17) is 18.9 Å². The number of hydrogen-bond donors (Lipinski definition) is 3. The predicted molar refractivity (Wildman–Crippen MR) is 120 cm³/mol. The molecule has 174 valence electrons. The van der Waals surface area contributed by atoms with Gasteiger partial charge in [0.1, 0.15) is 24.7 Å². The maximum absolute atomic E-state index is 12.3. The summed E-state index contributed by atoms with van der Waals surface area (Å²) in [6.07, 6.45) is -0.0946. The molecule has 0 saturated heterocycles. The van der Waals surface area contributed by atoms with Crippen molar-refractivity contribution in [3.63, 3.8) is 0 Å². The summed E-state index contributed by atoms with van der Waals surface area (Å²) in [5.41, 5.74) is 3.25. The molecule has 11 heteroatoms. The van der Waals surface area contributed by atoms with Crippen LogP contribution in [0.15, 0.2) is 41.5 Å². The summed E-state index contributed by atoms with van der Waals surface area (Å²) in [5.74, 6) is -0.277. The van der Waals surface area contributed by atoms with Crippen LogP contribution in [0, 0.1) is 0 Å². The van der Waals surface area contributed by atoms with E-state index in [0.29, 0.717) is 47.6 Å². The minimum Gasteiger partial charge on any atom is -0.497 e. The lowest BCUT2D eigenvalue weighted by atomic mass is 10.2. The Morgan fingerprint density at radius 2 is 1.70 bits per heavy atom. The van der Waals surface area contributed by atoms with Crippen LogP contribution in [0.4, 0.5) is 11.4 Å². The van der Waals surface area contributed by atoms with Crippen LogP contribution >= 0.6 is 0 Å². The number of methoxy groups -OCH3 is 2. The normalized spacial score (nSPS) is 12.4. The molecule has 2 aromatic rings. The number of rotatable bonds is 7. The van der Waals surface area contributed by atoms with Gasteiger partial charge in [-0.25, -0.2) is 5.43 Å². The van der Waals surface area contributed by atoms with E-state index >= 15 is 0 Å². The number of hydrazone groups is 1. The summed E-state index contributed by atoms with van der Waals surface area (Å²) in [6, 6.07) is 9.78. The van der Waals surface area contributed by atoms with Gasteiger partial charge < -0.3 is 29.6 Å². The molecule has 1 aliphatic rings. The Labute approximate surface area is 190 Å². The van der Waals surface area contributed by atoms with Crippen molar-refractivity contribution in [3.8, 4) is 23.0 Å². The number of benzene rings is 2. The highest BCUT2D eigenvalue weighted by Crippen LogP contribution is 2.32. The quantitative estimate of drug-likeness (QED) is 0.329. The van der Waals surface area contributed by atoms with Gasteiger partial charge in [0, 0.05) is 23.5 Å². The van der Waals surface area contributed by atoms with Crippen molar-refractivity contribution in [1.82, 2.24) is 5.43 Å². The number of fused-ring (bicyclic) bond motifs is 1. The van der Waals surface area contributed by atoms with Gasteiger partial charge in [0.25, 0.3) is 0 Å². The van der Waals surface area contributed by atoms with Crippen molar-refractivity contribution < 1.29 is 33.3 Å². The molecule has 11 nitrogen and oxygen atoms in total. The summed E-state index contributed by atoms with van der Waals surface area (Å²) >= 11 is 0. The van der Waals surface area contributed by atoms with Crippen molar-refractivity contribution in [2.45, 2.75) is 13.3 Å². The molecule has 3 rings (SSSR count). The topological polar surface area (TPSA) is 137 Å². The molecule has 3 amide bonds. The van der Waals surface area contributed by atoms with Gasteiger partial charge in [0.05, 0.1) is 26.3 Å². The van der Waals surface area contributed by atoms with Gasteiger partial charge in [0.2, 0.25) is 5.91 Å². The molecule has 0 unspecified atom stereocenters.